The maximum atomic E-state index is 12.1. The van der Waals surface area contributed by atoms with E-state index in [2.05, 4.69) is 9.97 Å². The Morgan fingerprint density at radius 2 is 2.06 bits per heavy atom. The number of H-pyrrole nitrogens is 1. The summed E-state index contributed by atoms with van der Waals surface area (Å²) in [6, 6.07) is 0. The SMILES string of the molecule is O=c1[nH]c(CCC(F)(F)F)nc(C2CC2)c1I. The van der Waals surface area contributed by atoms with Crippen molar-refractivity contribution in [1.82, 2.24) is 9.97 Å². The summed E-state index contributed by atoms with van der Waals surface area (Å²) in [6.07, 6.45) is -3.52. The van der Waals surface area contributed by atoms with Crippen LogP contribution in [0.5, 0.6) is 0 Å². The third-order valence-electron chi connectivity index (χ3n) is 2.55. The molecule has 1 fully saturated rings. The van der Waals surface area contributed by atoms with Gasteiger partial charge in [0.25, 0.3) is 5.56 Å². The average Bonchev–Trinajstić information content (AvgIpc) is 3.02. The molecule has 0 aliphatic heterocycles. The van der Waals surface area contributed by atoms with Crippen LogP contribution in [-0.2, 0) is 6.42 Å². The van der Waals surface area contributed by atoms with Gasteiger partial charge in [-0.15, -0.1) is 0 Å². The van der Waals surface area contributed by atoms with Crippen molar-refractivity contribution in [3.05, 3.63) is 25.4 Å². The summed E-state index contributed by atoms with van der Waals surface area (Å²) < 4.78 is 36.7. The van der Waals surface area contributed by atoms with Crippen molar-refractivity contribution in [3.8, 4) is 0 Å². The summed E-state index contributed by atoms with van der Waals surface area (Å²) in [5.74, 6) is 0.392. The highest BCUT2D eigenvalue weighted by Gasteiger charge is 2.30. The molecular formula is C10H10F3IN2O. The third-order valence-corrected chi connectivity index (χ3v) is 3.59. The van der Waals surface area contributed by atoms with E-state index < -0.39 is 12.6 Å². The molecule has 0 spiro atoms. The summed E-state index contributed by atoms with van der Waals surface area (Å²) in [7, 11) is 0. The van der Waals surface area contributed by atoms with Crippen LogP contribution in [-0.4, -0.2) is 16.1 Å². The normalized spacial score (nSPS) is 16.2. The van der Waals surface area contributed by atoms with Gasteiger partial charge in [-0.3, -0.25) is 4.79 Å². The molecule has 1 aliphatic carbocycles. The molecule has 1 aromatic rings. The number of alkyl halides is 3. The third kappa shape index (κ3) is 3.43. The van der Waals surface area contributed by atoms with Gasteiger partial charge in [0.1, 0.15) is 5.82 Å². The number of aryl methyl sites for hydroxylation is 1. The van der Waals surface area contributed by atoms with Gasteiger partial charge in [-0.25, -0.2) is 4.98 Å². The van der Waals surface area contributed by atoms with Gasteiger partial charge >= 0.3 is 6.18 Å². The van der Waals surface area contributed by atoms with Crippen LogP contribution in [0.3, 0.4) is 0 Å². The Morgan fingerprint density at radius 3 is 2.59 bits per heavy atom. The molecule has 0 unspecified atom stereocenters. The fourth-order valence-corrected chi connectivity index (χ4v) is 2.23. The monoisotopic (exact) mass is 358 g/mol. The molecule has 0 saturated heterocycles. The van der Waals surface area contributed by atoms with Crippen LogP contribution >= 0.6 is 22.6 Å². The van der Waals surface area contributed by atoms with Crippen molar-refractivity contribution in [1.29, 1.82) is 0 Å². The van der Waals surface area contributed by atoms with Gasteiger partial charge in [0.15, 0.2) is 0 Å². The lowest BCUT2D eigenvalue weighted by Gasteiger charge is -2.07. The van der Waals surface area contributed by atoms with Crippen LogP contribution in [0.2, 0.25) is 0 Å². The molecule has 0 atom stereocenters. The van der Waals surface area contributed by atoms with Gasteiger partial charge in [-0.05, 0) is 35.4 Å². The van der Waals surface area contributed by atoms with E-state index >= 15 is 0 Å². The van der Waals surface area contributed by atoms with Crippen LogP contribution < -0.4 is 5.56 Å². The van der Waals surface area contributed by atoms with E-state index in [1.54, 1.807) is 0 Å². The van der Waals surface area contributed by atoms with Crippen molar-refractivity contribution in [2.75, 3.05) is 0 Å². The maximum Gasteiger partial charge on any atom is 0.389 e. The number of nitrogens with one attached hydrogen (secondary N) is 1. The quantitative estimate of drug-likeness (QED) is 0.845. The molecule has 7 heteroatoms. The number of hydrogen-bond acceptors (Lipinski definition) is 2. The van der Waals surface area contributed by atoms with E-state index in [4.69, 9.17) is 0 Å². The first-order chi connectivity index (χ1) is 7.87. The molecule has 1 aromatic heterocycles. The lowest BCUT2D eigenvalue weighted by molar-refractivity contribution is -0.134. The van der Waals surface area contributed by atoms with E-state index in [9.17, 15) is 18.0 Å². The van der Waals surface area contributed by atoms with Gasteiger partial charge in [-0.1, -0.05) is 0 Å². The number of halogens is 4. The molecule has 2 rings (SSSR count). The van der Waals surface area contributed by atoms with Crippen molar-refractivity contribution >= 4 is 22.6 Å². The summed E-state index contributed by atoms with van der Waals surface area (Å²) in [5.41, 5.74) is 0.325. The molecule has 1 saturated carbocycles. The van der Waals surface area contributed by atoms with E-state index in [0.717, 1.165) is 12.8 Å². The largest absolute Gasteiger partial charge is 0.389 e. The second-order valence-corrected chi connectivity index (χ2v) is 5.18. The van der Waals surface area contributed by atoms with E-state index in [1.165, 1.54) is 0 Å². The number of rotatable bonds is 3. The van der Waals surface area contributed by atoms with Gasteiger partial charge in [-0.2, -0.15) is 13.2 Å². The smallest absolute Gasteiger partial charge is 0.310 e. The first kappa shape index (κ1) is 12.8. The summed E-state index contributed by atoms with van der Waals surface area (Å²) in [4.78, 5) is 18.1. The Balaban J connectivity index is 2.21. The fourth-order valence-electron chi connectivity index (χ4n) is 1.53. The molecule has 0 bridgehead atoms. The molecule has 0 amide bonds. The van der Waals surface area contributed by atoms with E-state index in [-0.39, 0.29) is 23.7 Å². The number of hydrogen-bond donors (Lipinski definition) is 1. The van der Waals surface area contributed by atoms with Gasteiger partial charge in [0.2, 0.25) is 0 Å². The van der Waals surface area contributed by atoms with Crippen LogP contribution in [0.4, 0.5) is 13.2 Å². The molecular weight excluding hydrogens is 348 g/mol. The molecule has 1 N–H and O–H groups in total. The molecule has 0 radical (unpaired) electrons. The fraction of sp³-hybridized carbons (Fsp3) is 0.600. The van der Waals surface area contributed by atoms with Gasteiger partial charge in [0.05, 0.1) is 15.7 Å². The Morgan fingerprint density at radius 1 is 1.41 bits per heavy atom. The zero-order valence-corrected chi connectivity index (χ0v) is 10.9. The highest BCUT2D eigenvalue weighted by Crippen LogP contribution is 2.40. The highest BCUT2D eigenvalue weighted by atomic mass is 127. The number of nitrogens with zero attached hydrogens (tertiary/aromatic N) is 1. The van der Waals surface area contributed by atoms with Crippen molar-refractivity contribution in [3.63, 3.8) is 0 Å². The Hall–Kier alpha value is -0.600. The topological polar surface area (TPSA) is 45.8 Å². The number of aromatic amines is 1. The lowest BCUT2D eigenvalue weighted by Crippen LogP contribution is -2.19. The molecule has 94 valence electrons. The highest BCUT2D eigenvalue weighted by molar-refractivity contribution is 14.1. The lowest BCUT2D eigenvalue weighted by atomic mass is 10.2. The summed E-state index contributed by atoms with van der Waals surface area (Å²) in [6.45, 7) is 0. The zero-order chi connectivity index (χ0) is 12.6. The van der Waals surface area contributed by atoms with Crippen molar-refractivity contribution in [2.24, 2.45) is 0 Å². The first-order valence-corrected chi connectivity index (χ1v) is 6.30. The average molecular weight is 358 g/mol. The minimum atomic E-state index is -4.22. The van der Waals surface area contributed by atoms with Crippen LogP contribution in [0.25, 0.3) is 0 Å². The minimum absolute atomic E-state index is 0.134. The van der Waals surface area contributed by atoms with E-state index in [1.807, 2.05) is 22.6 Å². The van der Waals surface area contributed by atoms with Crippen molar-refractivity contribution < 1.29 is 13.2 Å². The molecule has 0 aromatic carbocycles. The van der Waals surface area contributed by atoms with Crippen LogP contribution in [0, 0.1) is 3.57 Å². The second kappa shape index (κ2) is 4.58. The van der Waals surface area contributed by atoms with Crippen molar-refractivity contribution in [2.45, 2.75) is 37.8 Å². The maximum absolute atomic E-state index is 12.1. The second-order valence-electron chi connectivity index (χ2n) is 4.10. The predicted octanol–water partition coefficient (Wildman–Crippen LogP) is 2.75. The Bertz CT molecular complexity index is 479. The Labute approximate surface area is 109 Å². The predicted molar refractivity (Wildman–Crippen MR) is 63.9 cm³/mol. The standard InChI is InChI=1S/C10H10F3IN2O/c11-10(12,13)4-3-6-15-8(5-1-2-5)7(14)9(17)16-6/h5H,1-4H2,(H,15,16,17). The van der Waals surface area contributed by atoms with Crippen LogP contribution in [0.15, 0.2) is 4.79 Å². The van der Waals surface area contributed by atoms with Gasteiger partial charge < -0.3 is 4.98 Å². The summed E-state index contributed by atoms with van der Waals surface area (Å²) in [5, 5.41) is 0. The zero-order valence-electron chi connectivity index (χ0n) is 8.77. The molecule has 3 nitrogen and oxygen atoms in total. The minimum Gasteiger partial charge on any atom is -0.310 e. The molecule has 1 aliphatic rings. The van der Waals surface area contributed by atoms with Crippen LogP contribution in [0.1, 0.15) is 36.7 Å². The summed E-state index contributed by atoms with van der Waals surface area (Å²) >= 11 is 1.89. The molecule has 17 heavy (non-hydrogen) atoms. The number of aromatic nitrogens is 2. The van der Waals surface area contributed by atoms with E-state index in [0.29, 0.717) is 9.26 Å². The molecule has 1 heterocycles. The first-order valence-electron chi connectivity index (χ1n) is 5.22. The van der Waals surface area contributed by atoms with Gasteiger partial charge in [0, 0.05) is 12.3 Å². The Kier molecular flexibility index (Phi) is 3.46.